The Morgan fingerprint density at radius 1 is 0.254 bits per heavy atom. The lowest BCUT2D eigenvalue weighted by Crippen LogP contribution is -2.15. The van der Waals surface area contributed by atoms with Crippen molar-refractivity contribution in [3.05, 3.63) is 223 Å². The SMILES string of the molecule is CC1(C)c2ccccc2-c2ccc(-c3nc(-c4ccccc4)nc(-c4cccc(-c5cccc(-c6cc(-c7ccccc7)nc(-c7ccc(-c8ccccc8)cc7)n6)c5)c4)n3)cc21. The van der Waals surface area contributed by atoms with Gasteiger partial charge in [-0.3, -0.25) is 0 Å². The fourth-order valence-electron chi connectivity index (χ4n) is 8.81. The third-order valence-electron chi connectivity index (χ3n) is 12.2. The van der Waals surface area contributed by atoms with Crippen LogP contribution >= 0.6 is 0 Å². The molecule has 5 heteroatoms. The van der Waals surface area contributed by atoms with Crippen LogP contribution in [-0.4, -0.2) is 24.9 Å². The quantitative estimate of drug-likeness (QED) is 0.153. The van der Waals surface area contributed by atoms with E-state index in [1.54, 1.807) is 0 Å². The molecule has 63 heavy (non-hydrogen) atoms. The summed E-state index contributed by atoms with van der Waals surface area (Å²) in [5, 5.41) is 0. The molecule has 8 aromatic carbocycles. The van der Waals surface area contributed by atoms with Crippen LogP contribution in [0, 0.1) is 0 Å². The molecular formula is C58H41N5. The molecule has 10 aromatic rings. The molecule has 0 unspecified atom stereocenters. The van der Waals surface area contributed by atoms with E-state index in [1.165, 1.54) is 27.8 Å². The van der Waals surface area contributed by atoms with Crippen molar-refractivity contribution in [2.24, 2.45) is 0 Å². The second-order valence-electron chi connectivity index (χ2n) is 16.5. The lowest BCUT2D eigenvalue weighted by Gasteiger charge is -2.21. The molecule has 11 rings (SSSR count). The van der Waals surface area contributed by atoms with E-state index in [-0.39, 0.29) is 5.41 Å². The van der Waals surface area contributed by atoms with E-state index in [2.05, 4.69) is 184 Å². The molecular weight excluding hydrogens is 767 g/mol. The molecule has 0 saturated heterocycles. The maximum absolute atomic E-state index is 5.18. The van der Waals surface area contributed by atoms with Gasteiger partial charge in [-0.05, 0) is 68.8 Å². The van der Waals surface area contributed by atoms with Gasteiger partial charge in [-0.15, -0.1) is 0 Å². The summed E-state index contributed by atoms with van der Waals surface area (Å²) in [7, 11) is 0. The van der Waals surface area contributed by atoms with E-state index in [1.807, 2.05) is 42.5 Å². The maximum atomic E-state index is 5.18. The molecule has 0 spiro atoms. The molecule has 0 atom stereocenters. The third kappa shape index (κ3) is 7.19. The van der Waals surface area contributed by atoms with Crippen molar-refractivity contribution in [3.8, 4) is 101 Å². The Labute approximate surface area is 367 Å². The van der Waals surface area contributed by atoms with Crippen molar-refractivity contribution < 1.29 is 0 Å². The first-order valence-corrected chi connectivity index (χ1v) is 21.3. The lowest BCUT2D eigenvalue weighted by molar-refractivity contribution is 0.660. The van der Waals surface area contributed by atoms with Crippen molar-refractivity contribution in [3.63, 3.8) is 0 Å². The summed E-state index contributed by atoms with van der Waals surface area (Å²) in [6.07, 6.45) is 0. The second-order valence-corrected chi connectivity index (χ2v) is 16.5. The molecule has 2 aromatic heterocycles. The summed E-state index contributed by atoms with van der Waals surface area (Å²) in [6, 6.07) is 73.8. The predicted molar refractivity (Wildman–Crippen MR) is 256 cm³/mol. The topological polar surface area (TPSA) is 64.5 Å². The first-order valence-electron chi connectivity index (χ1n) is 21.3. The zero-order valence-corrected chi connectivity index (χ0v) is 34.9. The van der Waals surface area contributed by atoms with Crippen molar-refractivity contribution in [1.82, 2.24) is 24.9 Å². The first kappa shape index (κ1) is 37.8. The van der Waals surface area contributed by atoms with E-state index < -0.39 is 0 Å². The summed E-state index contributed by atoms with van der Waals surface area (Å²) in [5.41, 5.74) is 17.0. The Kier molecular flexibility index (Phi) is 9.43. The molecule has 298 valence electrons. The molecule has 0 radical (unpaired) electrons. The summed E-state index contributed by atoms with van der Waals surface area (Å²) in [5.74, 6) is 2.57. The Bertz CT molecular complexity index is 3290. The molecule has 1 aliphatic rings. The highest BCUT2D eigenvalue weighted by Crippen LogP contribution is 2.49. The number of fused-ring (bicyclic) bond motifs is 3. The monoisotopic (exact) mass is 807 g/mol. The number of benzene rings is 8. The fraction of sp³-hybridized carbons (Fsp3) is 0.0517. The molecule has 0 aliphatic heterocycles. The van der Waals surface area contributed by atoms with Gasteiger partial charge in [0.05, 0.1) is 11.4 Å². The number of aromatic nitrogens is 5. The van der Waals surface area contributed by atoms with Crippen molar-refractivity contribution in [2.75, 3.05) is 0 Å². The van der Waals surface area contributed by atoms with E-state index in [9.17, 15) is 0 Å². The highest BCUT2D eigenvalue weighted by molar-refractivity contribution is 5.84. The zero-order chi connectivity index (χ0) is 42.3. The summed E-state index contributed by atoms with van der Waals surface area (Å²) in [4.78, 5) is 25.6. The van der Waals surface area contributed by atoms with Crippen LogP contribution in [0.5, 0.6) is 0 Å². The first-order chi connectivity index (χ1) is 30.9. The van der Waals surface area contributed by atoms with Gasteiger partial charge in [0, 0.05) is 38.8 Å². The van der Waals surface area contributed by atoms with Crippen molar-refractivity contribution in [1.29, 1.82) is 0 Å². The summed E-state index contributed by atoms with van der Waals surface area (Å²) in [6.45, 7) is 4.60. The Morgan fingerprint density at radius 2 is 0.651 bits per heavy atom. The zero-order valence-electron chi connectivity index (χ0n) is 34.9. The van der Waals surface area contributed by atoms with Crippen LogP contribution in [0.4, 0.5) is 0 Å². The van der Waals surface area contributed by atoms with Crippen molar-refractivity contribution in [2.45, 2.75) is 19.3 Å². The van der Waals surface area contributed by atoms with Gasteiger partial charge in [0.25, 0.3) is 0 Å². The van der Waals surface area contributed by atoms with Gasteiger partial charge in [0.1, 0.15) is 0 Å². The minimum atomic E-state index is -0.145. The van der Waals surface area contributed by atoms with Gasteiger partial charge < -0.3 is 0 Å². The van der Waals surface area contributed by atoms with Crippen molar-refractivity contribution >= 4 is 0 Å². The molecule has 0 saturated carbocycles. The van der Waals surface area contributed by atoms with Crippen LogP contribution in [-0.2, 0) is 5.41 Å². The molecule has 0 N–H and O–H groups in total. The highest BCUT2D eigenvalue weighted by Gasteiger charge is 2.35. The van der Waals surface area contributed by atoms with E-state index in [0.717, 1.165) is 61.5 Å². The maximum Gasteiger partial charge on any atom is 0.164 e. The molecule has 0 fully saturated rings. The van der Waals surface area contributed by atoms with Crippen LogP contribution in [0.15, 0.2) is 212 Å². The van der Waals surface area contributed by atoms with Gasteiger partial charge >= 0.3 is 0 Å². The Balaban J connectivity index is 0.974. The number of hydrogen-bond acceptors (Lipinski definition) is 5. The Hall–Kier alpha value is -8.15. The highest BCUT2D eigenvalue weighted by atomic mass is 15.0. The predicted octanol–water partition coefficient (Wildman–Crippen LogP) is 14.3. The fourth-order valence-corrected chi connectivity index (χ4v) is 8.81. The molecule has 2 heterocycles. The lowest BCUT2D eigenvalue weighted by atomic mass is 9.82. The molecule has 0 amide bonds. The smallest absolute Gasteiger partial charge is 0.164 e. The van der Waals surface area contributed by atoms with Crippen LogP contribution < -0.4 is 0 Å². The number of nitrogens with zero attached hydrogens (tertiary/aromatic N) is 5. The van der Waals surface area contributed by atoms with Gasteiger partial charge in [-0.25, -0.2) is 24.9 Å². The second kappa shape index (κ2) is 15.7. The van der Waals surface area contributed by atoms with Gasteiger partial charge in [-0.2, -0.15) is 0 Å². The normalized spacial score (nSPS) is 12.4. The minimum Gasteiger partial charge on any atom is -0.228 e. The van der Waals surface area contributed by atoms with Crippen LogP contribution in [0.25, 0.3) is 101 Å². The van der Waals surface area contributed by atoms with Gasteiger partial charge in [0.2, 0.25) is 0 Å². The van der Waals surface area contributed by atoms with Crippen LogP contribution in [0.1, 0.15) is 25.0 Å². The average molecular weight is 808 g/mol. The average Bonchev–Trinajstić information content (AvgIpc) is 3.59. The largest absolute Gasteiger partial charge is 0.228 e. The minimum absolute atomic E-state index is 0.145. The van der Waals surface area contributed by atoms with E-state index in [0.29, 0.717) is 23.3 Å². The van der Waals surface area contributed by atoms with E-state index in [4.69, 9.17) is 24.9 Å². The number of hydrogen-bond donors (Lipinski definition) is 0. The van der Waals surface area contributed by atoms with Gasteiger partial charge in [0.15, 0.2) is 23.3 Å². The third-order valence-corrected chi connectivity index (χ3v) is 12.2. The summed E-state index contributed by atoms with van der Waals surface area (Å²) < 4.78 is 0. The van der Waals surface area contributed by atoms with Crippen LogP contribution in [0.3, 0.4) is 0 Å². The van der Waals surface area contributed by atoms with E-state index >= 15 is 0 Å². The van der Waals surface area contributed by atoms with Gasteiger partial charge in [-0.1, -0.05) is 202 Å². The molecule has 1 aliphatic carbocycles. The van der Waals surface area contributed by atoms with Crippen LogP contribution in [0.2, 0.25) is 0 Å². The molecule has 5 nitrogen and oxygen atoms in total. The standard InChI is InChI=1S/C58H41N5/c1-58(2)50-27-13-12-26-48(50)49-33-32-47(36-51(49)58)57-62-55(41-20-10-5-11-21-41)61-56(63-57)46-25-15-23-44(35-46)43-22-14-24-45(34-43)53-37-52(40-18-8-4-9-19-40)59-54(60-53)42-30-28-39(29-31-42)38-16-6-3-7-17-38/h3-37H,1-2H3. The number of rotatable bonds is 8. The Morgan fingerprint density at radius 3 is 1.32 bits per heavy atom. The molecule has 0 bridgehead atoms. The summed E-state index contributed by atoms with van der Waals surface area (Å²) >= 11 is 0.